The third-order valence-electron chi connectivity index (χ3n) is 7.01. The lowest BCUT2D eigenvalue weighted by Gasteiger charge is -2.39. The highest BCUT2D eigenvalue weighted by atomic mass is 19.1. The first-order valence-corrected chi connectivity index (χ1v) is 12.1. The zero-order valence-electron chi connectivity index (χ0n) is 19.9. The van der Waals surface area contributed by atoms with Crippen LogP contribution in [0.4, 0.5) is 14.6 Å². The second kappa shape index (κ2) is 9.54. The number of ether oxygens (including phenoxy) is 1. The Morgan fingerprint density at radius 1 is 1.15 bits per heavy atom. The number of anilines is 1. The van der Waals surface area contributed by atoms with Crippen molar-refractivity contribution < 1.29 is 18.0 Å². The maximum atomic E-state index is 15.4. The molecule has 2 unspecified atom stereocenters. The van der Waals surface area contributed by atoms with Crippen LogP contribution in [0.2, 0.25) is 0 Å². The zero-order valence-corrected chi connectivity index (χ0v) is 19.9. The Balaban J connectivity index is 1.51. The molecule has 1 N–H and O–H groups in total. The SMILES string of the molecule is CCc1cc(F)c2nc(N3CCC(NC4CCOCC4)C(F)C3)c(-c3nc(C)no3)c(C)c2c1. The molecule has 2 aromatic heterocycles. The highest BCUT2D eigenvalue weighted by molar-refractivity contribution is 5.93. The lowest BCUT2D eigenvalue weighted by Crippen LogP contribution is -2.54. The molecule has 0 aliphatic carbocycles. The first-order chi connectivity index (χ1) is 16.4. The smallest absolute Gasteiger partial charge is 0.261 e. The van der Waals surface area contributed by atoms with Gasteiger partial charge in [0.15, 0.2) is 5.82 Å². The maximum Gasteiger partial charge on any atom is 0.261 e. The van der Waals surface area contributed by atoms with Gasteiger partial charge in [-0.05, 0) is 62.8 Å². The molecular formula is C25H31F2N5O2. The van der Waals surface area contributed by atoms with Gasteiger partial charge >= 0.3 is 0 Å². The van der Waals surface area contributed by atoms with Gasteiger partial charge in [0.05, 0.1) is 12.1 Å². The van der Waals surface area contributed by atoms with Crippen molar-refractivity contribution in [3.8, 4) is 11.5 Å². The van der Waals surface area contributed by atoms with E-state index in [1.807, 2.05) is 24.8 Å². The number of halogens is 2. The number of nitrogens with zero attached hydrogens (tertiary/aromatic N) is 4. The molecule has 5 rings (SSSR count). The Morgan fingerprint density at radius 2 is 1.94 bits per heavy atom. The van der Waals surface area contributed by atoms with Gasteiger partial charge in [0.1, 0.15) is 23.3 Å². The highest BCUT2D eigenvalue weighted by Crippen LogP contribution is 2.38. The predicted molar refractivity (Wildman–Crippen MR) is 126 cm³/mol. The molecule has 2 atom stereocenters. The molecule has 4 heterocycles. The highest BCUT2D eigenvalue weighted by Gasteiger charge is 2.34. The lowest BCUT2D eigenvalue weighted by atomic mass is 9.97. The zero-order chi connectivity index (χ0) is 23.8. The minimum absolute atomic E-state index is 0.160. The Labute approximate surface area is 197 Å². The van der Waals surface area contributed by atoms with Gasteiger partial charge in [0.2, 0.25) is 0 Å². The number of hydrogen-bond donors (Lipinski definition) is 1. The molecule has 182 valence electrons. The summed E-state index contributed by atoms with van der Waals surface area (Å²) in [6.07, 6.45) is 2.05. The van der Waals surface area contributed by atoms with Crippen LogP contribution < -0.4 is 10.2 Å². The van der Waals surface area contributed by atoms with Gasteiger partial charge < -0.3 is 19.5 Å². The van der Waals surface area contributed by atoms with E-state index in [4.69, 9.17) is 14.2 Å². The molecule has 1 aromatic carbocycles. The van der Waals surface area contributed by atoms with Gasteiger partial charge in [-0.3, -0.25) is 0 Å². The predicted octanol–water partition coefficient (Wildman–Crippen LogP) is 4.29. The van der Waals surface area contributed by atoms with Gasteiger partial charge in [-0.2, -0.15) is 4.98 Å². The molecule has 34 heavy (non-hydrogen) atoms. The van der Waals surface area contributed by atoms with Crippen LogP contribution in [0.1, 0.15) is 43.1 Å². The molecule has 2 aliphatic heterocycles. The molecule has 3 aromatic rings. The average Bonchev–Trinajstić information content (AvgIpc) is 3.27. The van der Waals surface area contributed by atoms with E-state index in [2.05, 4.69) is 15.5 Å². The summed E-state index contributed by atoms with van der Waals surface area (Å²) in [5, 5.41) is 8.14. The molecule has 9 heteroatoms. The number of aryl methyl sites for hydroxylation is 3. The van der Waals surface area contributed by atoms with Gasteiger partial charge in [0.25, 0.3) is 5.89 Å². The molecule has 0 saturated carbocycles. The fourth-order valence-electron chi connectivity index (χ4n) is 5.06. The summed E-state index contributed by atoms with van der Waals surface area (Å²) in [6, 6.07) is 3.54. The molecular weight excluding hydrogens is 440 g/mol. The summed E-state index contributed by atoms with van der Waals surface area (Å²) < 4.78 is 41.4. The molecule has 0 radical (unpaired) electrons. The fourth-order valence-corrected chi connectivity index (χ4v) is 5.06. The van der Waals surface area contributed by atoms with Crippen LogP contribution in [0.25, 0.3) is 22.4 Å². The van der Waals surface area contributed by atoms with Crippen LogP contribution in [0.5, 0.6) is 0 Å². The number of fused-ring (bicyclic) bond motifs is 1. The topological polar surface area (TPSA) is 76.3 Å². The summed E-state index contributed by atoms with van der Waals surface area (Å²) in [6.45, 7) is 7.82. The number of nitrogens with one attached hydrogen (secondary N) is 1. The molecule has 0 spiro atoms. The minimum atomic E-state index is -1.08. The van der Waals surface area contributed by atoms with Crippen molar-refractivity contribution in [2.75, 3.05) is 31.2 Å². The van der Waals surface area contributed by atoms with Crippen LogP contribution in [0.3, 0.4) is 0 Å². The number of aromatic nitrogens is 3. The Morgan fingerprint density at radius 3 is 2.62 bits per heavy atom. The van der Waals surface area contributed by atoms with Crippen LogP contribution >= 0.6 is 0 Å². The van der Waals surface area contributed by atoms with E-state index in [0.29, 0.717) is 61.1 Å². The summed E-state index contributed by atoms with van der Waals surface area (Å²) in [5.41, 5.74) is 2.61. The summed E-state index contributed by atoms with van der Waals surface area (Å²) in [5.74, 6) is 0.931. The van der Waals surface area contributed by atoms with Crippen molar-refractivity contribution in [1.82, 2.24) is 20.4 Å². The number of alkyl halides is 1. The van der Waals surface area contributed by atoms with Crippen molar-refractivity contribution >= 4 is 16.7 Å². The quantitative estimate of drug-likeness (QED) is 0.595. The Hall–Kier alpha value is -2.65. The summed E-state index contributed by atoms with van der Waals surface area (Å²) in [4.78, 5) is 11.0. The molecule has 2 aliphatic rings. The van der Waals surface area contributed by atoms with E-state index in [0.717, 1.165) is 24.0 Å². The number of piperidine rings is 1. The van der Waals surface area contributed by atoms with E-state index in [-0.39, 0.29) is 30.0 Å². The first-order valence-electron chi connectivity index (χ1n) is 12.1. The third kappa shape index (κ3) is 4.38. The number of rotatable bonds is 5. The number of pyridine rings is 1. The monoisotopic (exact) mass is 471 g/mol. The molecule has 0 bridgehead atoms. The van der Waals surface area contributed by atoms with Gasteiger partial charge in [-0.15, -0.1) is 0 Å². The molecule has 2 saturated heterocycles. The molecule has 2 fully saturated rings. The van der Waals surface area contributed by atoms with Crippen molar-refractivity contribution in [2.45, 2.75) is 64.7 Å². The normalized spacial score (nSPS) is 22.0. The van der Waals surface area contributed by atoms with Crippen LogP contribution in [0.15, 0.2) is 16.7 Å². The van der Waals surface area contributed by atoms with E-state index in [1.165, 1.54) is 6.07 Å². The average molecular weight is 472 g/mol. The maximum absolute atomic E-state index is 15.4. The minimum Gasteiger partial charge on any atom is -0.381 e. The van der Waals surface area contributed by atoms with Crippen LogP contribution in [0, 0.1) is 19.7 Å². The van der Waals surface area contributed by atoms with E-state index < -0.39 is 6.17 Å². The number of benzene rings is 1. The van der Waals surface area contributed by atoms with Crippen LogP contribution in [-0.4, -0.2) is 59.7 Å². The Bertz CT molecular complexity index is 1180. The summed E-state index contributed by atoms with van der Waals surface area (Å²) >= 11 is 0. The summed E-state index contributed by atoms with van der Waals surface area (Å²) in [7, 11) is 0. The third-order valence-corrected chi connectivity index (χ3v) is 7.01. The molecule has 0 amide bonds. The lowest BCUT2D eigenvalue weighted by molar-refractivity contribution is 0.0684. The second-order valence-corrected chi connectivity index (χ2v) is 9.32. The standard InChI is InChI=1S/C25H31F2N5O2/c1-4-16-11-18-14(2)22(25-28-15(3)31-34-25)24(30-23(18)19(26)12-16)32-8-5-21(20(27)13-32)29-17-6-9-33-10-7-17/h11-12,17,20-21,29H,4-10,13H2,1-3H3. The van der Waals surface area contributed by atoms with Gasteiger partial charge in [-0.1, -0.05) is 12.1 Å². The fraction of sp³-hybridized carbons (Fsp3) is 0.560. The van der Waals surface area contributed by atoms with Crippen molar-refractivity contribution in [3.63, 3.8) is 0 Å². The second-order valence-electron chi connectivity index (χ2n) is 9.32. The van der Waals surface area contributed by atoms with E-state index in [9.17, 15) is 0 Å². The first kappa shape index (κ1) is 23.1. The van der Waals surface area contributed by atoms with Crippen molar-refractivity contribution in [1.29, 1.82) is 0 Å². The van der Waals surface area contributed by atoms with Crippen LogP contribution in [-0.2, 0) is 11.2 Å². The van der Waals surface area contributed by atoms with E-state index >= 15 is 8.78 Å². The largest absolute Gasteiger partial charge is 0.381 e. The molecule has 7 nitrogen and oxygen atoms in total. The number of hydrogen-bond acceptors (Lipinski definition) is 7. The van der Waals surface area contributed by atoms with Crippen molar-refractivity contribution in [3.05, 3.63) is 34.9 Å². The van der Waals surface area contributed by atoms with Gasteiger partial charge in [0, 0.05) is 37.2 Å². The van der Waals surface area contributed by atoms with E-state index in [1.54, 1.807) is 6.92 Å². The van der Waals surface area contributed by atoms with Gasteiger partial charge in [-0.25, -0.2) is 13.8 Å². The van der Waals surface area contributed by atoms with Crippen molar-refractivity contribution in [2.24, 2.45) is 0 Å². The Kier molecular flexibility index (Phi) is 6.48.